The van der Waals surface area contributed by atoms with E-state index in [1.54, 1.807) is 0 Å². The van der Waals surface area contributed by atoms with Crippen molar-refractivity contribution in [1.29, 1.82) is 0 Å². The Morgan fingerprint density at radius 2 is 0.577 bits per heavy atom. The van der Waals surface area contributed by atoms with Gasteiger partial charge in [0.25, 0.3) is 0 Å². The summed E-state index contributed by atoms with van der Waals surface area (Å²) < 4.78 is 5.50. The van der Waals surface area contributed by atoms with Crippen molar-refractivity contribution in [1.82, 2.24) is 5.32 Å². The van der Waals surface area contributed by atoms with E-state index in [0.29, 0.717) is 25.9 Å². The van der Waals surface area contributed by atoms with Gasteiger partial charge in [-0.2, -0.15) is 0 Å². The molecule has 0 aromatic heterocycles. The van der Waals surface area contributed by atoms with Crippen molar-refractivity contribution in [2.75, 3.05) is 13.2 Å². The van der Waals surface area contributed by atoms with Gasteiger partial charge in [0, 0.05) is 12.8 Å². The van der Waals surface area contributed by atoms with Crippen LogP contribution in [0.3, 0.4) is 0 Å². The topological polar surface area (TPSA) is 95.9 Å². The minimum atomic E-state index is -0.660. The molecule has 6 heteroatoms. The Kier molecular flexibility index (Phi) is 60.4. The van der Waals surface area contributed by atoms with E-state index in [-0.39, 0.29) is 18.5 Å². The first-order valence-corrected chi connectivity index (χ1v) is 32.8. The van der Waals surface area contributed by atoms with Crippen LogP contribution in [0.25, 0.3) is 0 Å². The quantitative estimate of drug-likeness (QED) is 0.0417. The number of carbonyl (C=O) groups excluding carboxylic acids is 2. The molecule has 0 aliphatic carbocycles. The summed E-state index contributed by atoms with van der Waals surface area (Å²) in [7, 11) is 0. The molecule has 0 aromatic rings. The molecular formula is C65H129NO5. The van der Waals surface area contributed by atoms with Gasteiger partial charge < -0.3 is 20.3 Å². The fraction of sp³-hybridized carbons (Fsp3) is 0.969. The molecule has 0 aliphatic heterocycles. The fourth-order valence-electron chi connectivity index (χ4n) is 10.6. The lowest BCUT2D eigenvalue weighted by Gasteiger charge is -2.22. The number of amides is 1. The highest BCUT2D eigenvalue weighted by Crippen LogP contribution is 2.19. The second-order valence-corrected chi connectivity index (χ2v) is 22.8. The average Bonchev–Trinajstić information content (AvgIpc) is 3.37. The average molecular weight is 1000 g/mol. The van der Waals surface area contributed by atoms with Crippen LogP contribution in [0.2, 0.25) is 0 Å². The summed E-state index contributed by atoms with van der Waals surface area (Å²) in [5.74, 6) is -0.00900. The summed E-state index contributed by atoms with van der Waals surface area (Å²) >= 11 is 0. The Morgan fingerprint density at radius 3 is 0.859 bits per heavy atom. The predicted molar refractivity (Wildman–Crippen MR) is 310 cm³/mol. The Hall–Kier alpha value is -1.14. The van der Waals surface area contributed by atoms with Crippen molar-refractivity contribution in [3.63, 3.8) is 0 Å². The van der Waals surface area contributed by atoms with Gasteiger partial charge in [-0.1, -0.05) is 341 Å². The van der Waals surface area contributed by atoms with E-state index in [0.717, 1.165) is 38.5 Å². The molecule has 2 atom stereocenters. The third kappa shape index (κ3) is 58.0. The molecule has 0 bridgehead atoms. The molecule has 0 saturated heterocycles. The largest absolute Gasteiger partial charge is 0.466 e. The molecule has 0 aromatic carbocycles. The molecule has 0 rings (SSSR count). The molecule has 0 fully saturated rings. The Bertz CT molecular complexity index is 1020. The first kappa shape index (κ1) is 69.9. The molecule has 0 heterocycles. The van der Waals surface area contributed by atoms with Gasteiger partial charge in [-0.05, 0) is 25.7 Å². The molecular weight excluding hydrogens is 875 g/mol. The molecule has 71 heavy (non-hydrogen) atoms. The van der Waals surface area contributed by atoms with Crippen LogP contribution in [0.4, 0.5) is 0 Å². The van der Waals surface area contributed by atoms with Crippen LogP contribution in [-0.2, 0) is 14.3 Å². The maximum atomic E-state index is 12.5. The minimum Gasteiger partial charge on any atom is -0.466 e. The Morgan fingerprint density at radius 1 is 0.338 bits per heavy atom. The van der Waals surface area contributed by atoms with E-state index in [2.05, 4.69) is 19.2 Å². The second-order valence-electron chi connectivity index (χ2n) is 22.8. The molecule has 0 aliphatic rings. The third-order valence-electron chi connectivity index (χ3n) is 15.7. The Labute approximate surface area is 445 Å². The number of hydrogen-bond donors (Lipinski definition) is 3. The SMILES string of the molecule is CCCCCCCCCCCCCCCCCCC(=O)OCCCCCCCCCCCCCCCCCCCCCCCCCCCCC(=O)NC(CO)C(O)CCCCCCCCCCCCCC. The van der Waals surface area contributed by atoms with E-state index >= 15 is 0 Å². The van der Waals surface area contributed by atoms with Crippen LogP contribution < -0.4 is 5.32 Å². The van der Waals surface area contributed by atoms with Crippen molar-refractivity contribution in [3.8, 4) is 0 Å². The summed E-state index contributed by atoms with van der Waals surface area (Å²) in [6, 6.07) is -0.537. The van der Waals surface area contributed by atoms with E-state index in [1.807, 2.05) is 0 Å². The van der Waals surface area contributed by atoms with Crippen LogP contribution in [0.15, 0.2) is 0 Å². The zero-order valence-electron chi connectivity index (χ0n) is 48.5. The van der Waals surface area contributed by atoms with Gasteiger partial charge in [-0.25, -0.2) is 0 Å². The van der Waals surface area contributed by atoms with Gasteiger partial charge in [-0.15, -0.1) is 0 Å². The molecule has 424 valence electrons. The first-order chi connectivity index (χ1) is 35.0. The first-order valence-electron chi connectivity index (χ1n) is 32.8. The minimum absolute atomic E-state index is 0.0217. The number of aliphatic hydroxyl groups excluding tert-OH is 2. The predicted octanol–water partition coefficient (Wildman–Crippen LogP) is 20.6. The maximum Gasteiger partial charge on any atom is 0.305 e. The number of esters is 1. The summed E-state index contributed by atoms with van der Waals surface area (Å²) in [6.45, 7) is 4.99. The molecule has 1 amide bonds. The van der Waals surface area contributed by atoms with E-state index in [4.69, 9.17) is 4.74 Å². The Balaban J connectivity index is 3.31. The summed E-state index contributed by atoms with van der Waals surface area (Å²) in [4.78, 5) is 24.5. The molecule has 0 spiro atoms. The van der Waals surface area contributed by atoms with Crippen molar-refractivity contribution in [3.05, 3.63) is 0 Å². The van der Waals surface area contributed by atoms with Gasteiger partial charge in [0.2, 0.25) is 5.91 Å². The monoisotopic (exact) mass is 1000 g/mol. The summed E-state index contributed by atoms with van der Waals surface area (Å²) in [6.07, 6.45) is 72.8. The fourth-order valence-corrected chi connectivity index (χ4v) is 10.6. The van der Waals surface area contributed by atoms with Crippen molar-refractivity contribution < 1.29 is 24.5 Å². The van der Waals surface area contributed by atoms with Crippen LogP contribution in [0, 0.1) is 0 Å². The van der Waals surface area contributed by atoms with E-state index in [1.165, 1.54) is 308 Å². The highest BCUT2D eigenvalue weighted by Gasteiger charge is 2.20. The third-order valence-corrected chi connectivity index (χ3v) is 15.7. The smallest absolute Gasteiger partial charge is 0.305 e. The van der Waals surface area contributed by atoms with Gasteiger partial charge >= 0.3 is 5.97 Å². The lowest BCUT2D eigenvalue weighted by atomic mass is 10.0. The zero-order chi connectivity index (χ0) is 51.4. The number of unbranched alkanes of at least 4 members (excludes halogenated alkanes) is 51. The maximum absolute atomic E-state index is 12.5. The van der Waals surface area contributed by atoms with Gasteiger partial charge in [-0.3, -0.25) is 9.59 Å². The highest BCUT2D eigenvalue weighted by atomic mass is 16.5. The molecule has 0 radical (unpaired) electrons. The molecule has 6 nitrogen and oxygen atoms in total. The van der Waals surface area contributed by atoms with Crippen LogP contribution in [0.1, 0.15) is 380 Å². The second kappa shape index (κ2) is 61.4. The lowest BCUT2D eigenvalue weighted by molar-refractivity contribution is -0.143. The van der Waals surface area contributed by atoms with E-state index in [9.17, 15) is 19.8 Å². The van der Waals surface area contributed by atoms with Crippen molar-refractivity contribution in [2.24, 2.45) is 0 Å². The van der Waals surface area contributed by atoms with E-state index < -0.39 is 12.1 Å². The normalized spacial score (nSPS) is 12.5. The number of ether oxygens (including phenoxy) is 1. The van der Waals surface area contributed by atoms with Crippen LogP contribution in [0.5, 0.6) is 0 Å². The van der Waals surface area contributed by atoms with Gasteiger partial charge in [0.05, 0.1) is 25.4 Å². The highest BCUT2D eigenvalue weighted by molar-refractivity contribution is 5.76. The molecule has 0 saturated carbocycles. The standard InChI is InChI=1S/C65H129NO5/c1-3-5-7-9-11-13-15-17-18-32-35-39-43-47-51-55-59-65(70)71-60-56-52-48-44-40-36-33-30-28-26-24-22-20-19-21-23-25-27-29-31-34-38-42-46-50-54-58-64(69)66-62(61-67)63(68)57-53-49-45-41-37-16-14-12-10-8-6-4-2/h62-63,67-68H,3-61H2,1-2H3,(H,66,69). The molecule has 3 N–H and O–H groups in total. The summed E-state index contributed by atoms with van der Waals surface area (Å²) in [5, 5.41) is 23.2. The van der Waals surface area contributed by atoms with Gasteiger partial charge in [0.1, 0.15) is 0 Å². The zero-order valence-corrected chi connectivity index (χ0v) is 48.5. The number of carbonyl (C=O) groups is 2. The number of nitrogens with one attached hydrogen (secondary N) is 1. The van der Waals surface area contributed by atoms with Gasteiger partial charge in [0.15, 0.2) is 0 Å². The van der Waals surface area contributed by atoms with Crippen molar-refractivity contribution in [2.45, 2.75) is 392 Å². The lowest BCUT2D eigenvalue weighted by Crippen LogP contribution is -2.45. The number of rotatable bonds is 62. The number of aliphatic hydroxyl groups is 2. The van der Waals surface area contributed by atoms with Crippen LogP contribution in [-0.4, -0.2) is 47.4 Å². The van der Waals surface area contributed by atoms with Crippen LogP contribution >= 0.6 is 0 Å². The number of hydrogen-bond acceptors (Lipinski definition) is 5. The van der Waals surface area contributed by atoms with Crippen molar-refractivity contribution >= 4 is 11.9 Å². The molecule has 2 unspecified atom stereocenters. The summed E-state index contributed by atoms with van der Waals surface area (Å²) in [5.41, 5.74) is 0.